The van der Waals surface area contributed by atoms with Gasteiger partial charge in [0.25, 0.3) is 0 Å². The van der Waals surface area contributed by atoms with Gasteiger partial charge in [-0.1, -0.05) is 23.7 Å². The van der Waals surface area contributed by atoms with Gasteiger partial charge in [-0.05, 0) is 12.1 Å². The number of hydrogen-bond acceptors (Lipinski definition) is 4. The lowest BCUT2D eigenvalue weighted by Gasteiger charge is -2.12. The fraction of sp³-hybridized carbons (Fsp3) is 0.154. The second kappa shape index (κ2) is 6.18. The maximum atomic E-state index is 12.3. The molecule has 5 nitrogen and oxygen atoms in total. The summed E-state index contributed by atoms with van der Waals surface area (Å²) in [7, 11) is 0. The highest BCUT2D eigenvalue weighted by molar-refractivity contribution is 6.30. The van der Waals surface area contributed by atoms with E-state index in [0.29, 0.717) is 10.6 Å². The summed E-state index contributed by atoms with van der Waals surface area (Å²) in [6.45, 7) is -1.54. The molecule has 116 valence electrons. The Labute approximate surface area is 127 Å². The smallest absolute Gasteiger partial charge is 0.422 e. The Hall–Kier alpha value is -2.35. The number of carbonyl (C=O) groups is 1. The normalized spacial score (nSPS) is 11.3. The molecule has 2 rings (SSSR count). The molecule has 0 unspecified atom stereocenters. The van der Waals surface area contributed by atoms with Crippen molar-refractivity contribution >= 4 is 17.6 Å². The molecule has 0 fully saturated rings. The lowest BCUT2D eigenvalue weighted by molar-refractivity contribution is -0.153. The van der Waals surface area contributed by atoms with Crippen molar-refractivity contribution in [2.24, 2.45) is 0 Å². The molecule has 2 aromatic rings. The topological polar surface area (TPSA) is 72.3 Å². The summed E-state index contributed by atoms with van der Waals surface area (Å²) in [5.41, 5.74) is 0.291. The van der Waals surface area contributed by atoms with Crippen LogP contribution in [-0.4, -0.2) is 33.8 Å². The molecule has 0 aliphatic rings. The molecule has 1 N–H and O–H groups in total. The summed E-state index contributed by atoms with van der Waals surface area (Å²) in [6, 6.07) is 5.95. The lowest BCUT2D eigenvalue weighted by atomic mass is 10.1. The molecule has 0 amide bonds. The zero-order valence-electron chi connectivity index (χ0n) is 10.8. The Balaban J connectivity index is 2.44. The molecule has 0 saturated heterocycles. The fourth-order valence-electron chi connectivity index (χ4n) is 1.55. The van der Waals surface area contributed by atoms with Gasteiger partial charge >= 0.3 is 12.1 Å². The molecule has 1 aromatic carbocycles. The molecule has 0 radical (unpaired) electrons. The van der Waals surface area contributed by atoms with Crippen LogP contribution < -0.4 is 4.74 Å². The third kappa shape index (κ3) is 4.08. The number of ether oxygens (including phenoxy) is 1. The van der Waals surface area contributed by atoms with E-state index in [1.54, 1.807) is 0 Å². The number of halogens is 4. The van der Waals surface area contributed by atoms with Crippen molar-refractivity contribution in [2.45, 2.75) is 6.18 Å². The molecule has 0 bridgehead atoms. The average Bonchev–Trinajstić information content (AvgIpc) is 2.45. The highest BCUT2D eigenvalue weighted by Crippen LogP contribution is 2.29. The minimum absolute atomic E-state index is 0.0617. The second-order valence-corrected chi connectivity index (χ2v) is 4.56. The Bertz CT molecular complexity index is 690. The predicted molar refractivity (Wildman–Crippen MR) is 71.0 cm³/mol. The molecule has 0 spiro atoms. The first kappa shape index (κ1) is 16.0. The first-order valence-corrected chi connectivity index (χ1v) is 6.20. The summed E-state index contributed by atoms with van der Waals surface area (Å²) in [4.78, 5) is 18.1. The second-order valence-electron chi connectivity index (χ2n) is 4.12. The summed E-state index contributed by atoms with van der Waals surface area (Å²) in [5, 5.41) is 9.29. The minimum atomic E-state index is -4.54. The Morgan fingerprint density at radius 3 is 2.45 bits per heavy atom. The lowest BCUT2D eigenvalue weighted by Crippen LogP contribution is -2.20. The van der Waals surface area contributed by atoms with Crippen LogP contribution in [0.4, 0.5) is 13.2 Å². The van der Waals surface area contributed by atoms with Gasteiger partial charge in [0.2, 0.25) is 5.82 Å². The molecule has 9 heteroatoms. The zero-order chi connectivity index (χ0) is 16.3. The fourth-order valence-corrected chi connectivity index (χ4v) is 1.68. The number of carboxylic acid groups (broad SMARTS) is 1. The number of alkyl halides is 3. The molecule has 0 aliphatic heterocycles. The predicted octanol–water partition coefficient (Wildman–Crippen LogP) is 3.44. The molecule has 0 saturated carbocycles. The van der Waals surface area contributed by atoms with E-state index in [0.717, 1.165) is 6.20 Å². The van der Waals surface area contributed by atoms with Crippen molar-refractivity contribution in [1.29, 1.82) is 0 Å². The molecule has 0 aliphatic carbocycles. The third-order valence-electron chi connectivity index (χ3n) is 2.46. The monoisotopic (exact) mass is 332 g/mol. The first-order valence-electron chi connectivity index (χ1n) is 5.82. The summed E-state index contributed by atoms with van der Waals surface area (Å²) in [6.07, 6.45) is -3.64. The Kier molecular flexibility index (Phi) is 4.51. The molecule has 1 aromatic heterocycles. The van der Waals surface area contributed by atoms with Gasteiger partial charge in [-0.3, -0.25) is 0 Å². The van der Waals surface area contributed by atoms with Crippen LogP contribution in [0.5, 0.6) is 5.75 Å². The highest BCUT2D eigenvalue weighted by atomic mass is 35.5. The summed E-state index contributed by atoms with van der Waals surface area (Å²) in [5.74, 6) is -2.23. The minimum Gasteiger partial charge on any atom is -0.480 e. The van der Waals surface area contributed by atoms with E-state index in [1.807, 2.05) is 0 Å². The number of aromatic nitrogens is 2. The van der Waals surface area contributed by atoms with Crippen molar-refractivity contribution in [3.05, 3.63) is 41.3 Å². The van der Waals surface area contributed by atoms with Crippen molar-refractivity contribution in [2.75, 3.05) is 6.61 Å². The first-order chi connectivity index (χ1) is 10.3. The Morgan fingerprint density at radius 1 is 1.27 bits per heavy atom. The van der Waals surface area contributed by atoms with Crippen molar-refractivity contribution in [3.63, 3.8) is 0 Å². The van der Waals surface area contributed by atoms with Gasteiger partial charge in [0.15, 0.2) is 12.4 Å². The van der Waals surface area contributed by atoms with Gasteiger partial charge in [0.05, 0.1) is 6.20 Å². The van der Waals surface area contributed by atoms with Crippen LogP contribution >= 0.6 is 11.6 Å². The number of nitrogens with zero attached hydrogens (tertiary/aromatic N) is 2. The van der Waals surface area contributed by atoms with Crippen LogP contribution in [-0.2, 0) is 0 Å². The molecular weight excluding hydrogens is 325 g/mol. The van der Waals surface area contributed by atoms with Crippen molar-refractivity contribution in [1.82, 2.24) is 9.97 Å². The van der Waals surface area contributed by atoms with Crippen LogP contribution in [0, 0.1) is 0 Å². The van der Waals surface area contributed by atoms with Crippen LogP contribution in [0.2, 0.25) is 5.02 Å². The molecular formula is C13H8ClF3N2O3. The maximum absolute atomic E-state index is 12.3. The summed E-state index contributed by atoms with van der Waals surface area (Å²) < 4.78 is 41.4. The van der Waals surface area contributed by atoms with Gasteiger partial charge in [0, 0.05) is 10.6 Å². The standard InChI is InChI=1S/C13H8ClF3N2O3/c14-8-3-1-7(2-4-8)10-9(22-6-13(15,16)17)5-18-11(19-10)12(20)21/h1-5H,6H2,(H,20,21). The van der Waals surface area contributed by atoms with E-state index >= 15 is 0 Å². The Morgan fingerprint density at radius 2 is 1.91 bits per heavy atom. The largest absolute Gasteiger partial charge is 0.480 e. The van der Waals surface area contributed by atoms with Crippen LogP contribution in [0.25, 0.3) is 11.3 Å². The van der Waals surface area contributed by atoms with Crippen LogP contribution in [0.1, 0.15) is 10.6 Å². The molecule has 0 atom stereocenters. The number of hydrogen-bond donors (Lipinski definition) is 1. The van der Waals surface area contributed by atoms with E-state index in [1.165, 1.54) is 24.3 Å². The maximum Gasteiger partial charge on any atom is 0.422 e. The summed E-state index contributed by atoms with van der Waals surface area (Å²) >= 11 is 5.73. The molecule has 1 heterocycles. The van der Waals surface area contributed by atoms with Crippen molar-refractivity contribution < 1.29 is 27.8 Å². The van der Waals surface area contributed by atoms with Gasteiger partial charge in [-0.15, -0.1) is 0 Å². The number of rotatable bonds is 4. The van der Waals surface area contributed by atoms with E-state index in [-0.39, 0.29) is 11.4 Å². The number of aromatic carboxylic acids is 1. The van der Waals surface area contributed by atoms with E-state index < -0.39 is 24.6 Å². The average molecular weight is 333 g/mol. The van der Waals surface area contributed by atoms with Crippen LogP contribution in [0.15, 0.2) is 30.5 Å². The van der Waals surface area contributed by atoms with Gasteiger partial charge < -0.3 is 9.84 Å². The van der Waals surface area contributed by atoms with Crippen LogP contribution in [0.3, 0.4) is 0 Å². The SMILES string of the molecule is O=C(O)c1ncc(OCC(F)(F)F)c(-c2ccc(Cl)cc2)n1. The van der Waals surface area contributed by atoms with Gasteiger partial charge in [0.1, 0.15) is 5.69 Å². The van der Waals surface area contributed by atoms with Gasteiger partial charge in [-0.25, -0.2) is 14.8 Å². The van der Waals surface area contributed by atoms with Crippen molar-refractivity contribution in [3.8, 4) is 17.0 Å². The van der Waals surface area contributed by atoms with E-state index in [4.69, 9.17) is 16.7 Å². The number of carboxylic acids is 1. The van der Waals surface area contributed by atoms with E-state index in [2.05, 4.69) is 14.7 Å². The van der Waals surface area contributed by atoms with Gasteiger partial charge in [-0.2, -0.15) is 13.2 Å². The quantitative estimate of drug-likeness (QED) is 0.928. The highest BCUT2D eigenvalue weighted by Gasteiger charge is 2.29. The zero-order valence-corrected chi connectivity index (χ0v) is 11.5. The number of benzene rings is 1. The third-order valence-corrected chi connectivity index (χ3v) is 2.71. The molecule has 22 heavy (non-hydrogen) atoms. The van der Waals surface area contributed by atoms with E-state index in [9.17, 15) is 18.0 Å².